The lowest BCUT2D eigenvalue weighted by Gasteiger charge is -2.30. The third-order valence-electron chi connectivity index (χ3n) is 5.76. The van der Waals surface area contributed by atoms with Crippen LogP contribution in [0.2, 0.25) is 0 Å². The second-order valence-corrected chi connectivity index (χ2v) is 7.91. The van der Waals surface area contributed by atoms with Gasteiger partial charge in [-0.25, -0.2) is 0 Å². The van der Waals surface area contributed by atoms with Gasteiger partial charge < -0.3 is 29.3 Å². The van der Waals surface area contributed by atoms with Gasteiger partial charge in [-0.1, -0.05) is 12.1 Å². The normalized spacial score (nSPS) is 20.3. The van der Waals surface area contributed by atoms with Crippen LogP contribution in [0.3, 0.4) is 0 Å². The molecule has 1 amide bonds. The number of nitrogens with one attached hydrogen (secondary N) is 2. The Labute approximate surface area is 177 Å². The number of rotatable bonds is 6. The molecular formula is C23H30N3O4+. The van der Waals surface area contributed by atoms with Crippen LogP contribution in [0.5, 0.6) is 11.5 Å². The fourth-order valence-corrected chi connectivity index (χ4v) is 3.75. The fourth-order valence-electron chi connectivity index (χ4n) is 3.75. The number of hydrogen-bond donors (Lipinski definition) is 2. The highest BCUT2D eigenvalue weighted by molar-refractivity contribution is 5.93. The molecule has 0 bridgehead atoms. The van der Waals surface area contributed by atoms with E-state index in [-0.39, 0.29) is 18.1 Å². The first-order valence-corrected chi connectivity index (χ1v) is 10.5. The predicted molar refractivity (Wildman–Crippen MR) is 116 cm³/mol. The van der Waals surface area contributed by atoms with Crippen molar-refractivity contribution in [1.82, 2.24) is 0 Å². The monoisotopic (exact) mass is 412 g/mol. The van der Waals surface area contributed by atoms with Crippen molar-refractivity contribution in [3.05, 3.63) is 48.5 Å². The van der Waals surface area contributed by atoms with Crippen LogP contribution in [-0.4, -0.2) is 64.6 Å². The number of quaternary nitrogens is 1. The van der Waals surface area contributed by atoms with Gasteiger partial charge in [-0.2, -0.15) is 0 Å². The zero-order valence-electron chi connectivity index (χ0n) is 17.6. The van der Waals surface area contributed by atoms with Crippen molar-refractivity contribution < 1.29 is 23.9 Å². The summed E-state index contributed by atoms with van der Waals surface area (Å²) in [4.78, 5) is 16.1. The van der Waals surface area contributed by atoms with Gasteiger partial charge in [0.15, 0.2) is 23.6 Å². The van der Waals surface area contributed by atoms with Crippen molar-refractivity contribution in [2.45, 2.75) is 19.1 Å². The molecule has 3 atom stereocenters. The van der Waals surface area contributed by atoms with E-state index in [9.17, 15) is 4.79 Å². The first-order chi connectivity index (χ1) is 14.6. The summed E-state index contributed by atoms with van der Waals surface area (Å²) in [5, 5.41) is 3.03. The van der Waals surface area contributed by atoms with Gasteiger partial charge in [0.25, 0.3) is 5.91 Å². The molecule has 4 rings (SSSR count). The number of benzene rings is 2. The van der Waals surface area contributed by atoms with E-state index >= 15 is 0 Å². The number of likely N-dealkylation sites (N-methyl/N-ethyl adjacent to an activating group) is 1. The summed E-state index contributed by atoms with van der Waals surface area (Å²) in [7, 11) is 2.01. The molecule has 0 aliphatic carbocycles. The first-order valence-electron chi connectivity index (χ1n) is 10.5. The van der Waals surface area contributed by atoms with Gasteiger partial charge in [0.1, 0.15) is 13.2 Å². The molecule has 0 radical (unpaired) electrons. The van der Waals surface area contributed by atoms with Gasteiger partial charge in [0, 0.05) is 24.5 Å². The van der Waals surface area contributed by atoms with E-state index in [1.807, 2.05) is 62.5 Å². The number of carbonyl (C=O) groups excluding carboxylic acids is 1. The molecule has 1 fully saturated rings. The summed E-state index contributed by atoms with van der Waals surface area (Å²) < 4.78 is 17.2. The van der Waals surface area contributed by atoms with E-state index in [4.69, 9.17) is 14.2 Å². The Morgan fingerprint density at radius 2 is 1.83 bits per heavy atom. The number of carbonyl (C=O) groups is 1. The van der Waals surface area contributed by atoms with Crippen LogP contribution in [0.1, 0.15) is 6.92 Å². The molecule has 0 spiro atoms. The molecule has 2 aliphatic heterocycles. The average Bonchev–Trinajstić information content (AvgIpc) is 2.79. The van der Waals surface area contributed by atoms with E-state index in [0.717, 1.165) is 54.1 Å². The SMILES string of the molecule is C[C@@H](C(=O)Nc1ccc(N2CCOCC2)cc1)[NH+](C)C[C@@H]1COc2ccccc2O1. The van der Waals surface area contributed by atoms with Gasteiger partial charge in [0.05, 0.1) is 20.3 Å². The molecule has 7 heteroatoms. The van der Waals surface area contributed by atoms with Gasteiger partial charge in [-0.15, -0.1) is 0 Å². The molecule has 1 unspecified atom stereocenters. The number of morpholine rings is 1. The fraction of sp³-hybridized carbons (Fsp3) is 0.435. The quantitative estimate of drug-likeness (QED) is 0.747. The van der Waals surface area contributed by atoms with Crippen LogP contribution in [0.25, 0.3) is 0 Å². The van der Waals surface area contributed by atoms with Crippen molar-refractivity contribution in [2.75, 3.05) is 56.7 Å². The van der Waals surface area contributed by atoms with Crippen LogP contribution in [0.15, 0.2) is 48.5 Å². The molecule has 2 heterocycles. The van der Waals surface area contributed by atoms with Gasteiger partial charge in [0.2, 0.25) is 0 Å². The van der Waals surface area contributed by atoms with Crippen molar-refractivity contribution in [3.63, 3.8) is 0 Å². The largest absolute Gasteiger partial charge is 0.486 e. The highest BCUT2D eigenvalue weighted by atomic mass is 16.6. The van der Waals surface area contributed by atoms with Gasteiger partial charge >= 0.3 is 0 Å². The van der Waals surface area contributed by atoms with E-state index in [0.29, 0.717) is 13.2 Å². The minimum Gasteiger partial charge on any atom is -0.486 e. The molecule has 0 saturated carbocycles. The van der Waals surface area contributed by atoms with Gasteiger partial charge in [-0.05, 0) is 43.3 Å². The lowest BCUT2D eigenvalue weighted by Crippen LogP contribution is -3.15. The van der Waals surface area contributed by atoms with Crippen molar-refractivity contribution >= 4 is 17.3 Å². The summed E-state index contributed by atoms with van der Waals surface area (Å²) in [6.45, 7) is 6.41. The highest BCUT2D eigenvalue weighted by Crippen LogP contribution is 2.30. The Morgan fingerprint density at radius 1 is 1.13 bits per heavy atom. The second-order valence-electron chi connectivity index (χ2n) is 7.91. The number of amides is 1. The number of para-hydroxylation sites is 2. The zero-order valence-corrected chi connectivity index (χ0v) is 17.6. The summed E-state index contributed by atoms with van der Waals surface area (Å²) in [5.74, 6) is 1.53. The minimum atomic E-state index is -0.218. The molecule has 7 nitrogen and oxygen atoms in total. The summed E-state index contributed by atoms with van der Waals surface area (Å²) in [6.07, 6.45) is -0.0806. The molecule has 2 N–H and O–H groups in total. The molecule has 0 aromatic heterocycles. The highest BCUT2D eigenvalue weighted by Gasteiger charge is 2.29. The Hall–Kier alpha value is -2.77. The predicted octanol–water partition coefficient (Wildman–Crippen LogP) is 1.20. The maximum atomic E-state index is 12.7. The van der Waals surface area contributed by atoms with Crippen molar-refractivity contribution in [3.8, 4) is 11.5 Å². The van der Waals surface area contributed by atoms with Crippen LogP contribution < -0.4 is 24.6 Å². The molecule has 30 heavy (non-hydrogen) atoms. The van der Waals surface area contributed by atoms with Crippen LogP contribution in [0, 0.1) is 0 Å². The van der Waals surface area contributed by atoms with E-state index in [1.54, 1.807) is 0 Å². The first kappa shape index (κ1) is 20.5. The smallest absolute Gasteiger partial charge is 0.282 e. The Morgan fingerprint density at radius 3 is 2.57 bits per heavy atom. The van der Waals surface area contributed by atoms with E-state index in [1.165, 1.54) is 0 Å². The zero-order chi connectivity index (χ0) is 20.9. The van der Waals surface area contributed by atoms with Crippen LogP contribution in [0.4, 0.5) is 11.4 Å². The number of hydrogen-bond acceptors (Lipinski definition) is 5. The number of ether oxygens (including phenoxy) is 3. The molecule has 1 saturated heterocycles. The minimum absolute atomic E-state index is 0.0104. The molecule has 160 valence electrons. The number of nitrogens with zero attached hydrogens (tertiary/aromatic N) is 1. The van der Waals surface area contributed by atoms with Crippen LogP contribution in [-0.2, 0) is 9.53 Å². The Kier molecular flexibility index (Phi) is 6.40. The standard InChI is InChI=1S/C23H29N3O4/c1-17(25(2)15-20-16-29-21-5-3-4-6-22(21)30-20)23(27)24-18-7-9-19(10-8-18)26-11-13-28-14-12-26/h3-10,17,20H,11-16H2,1-2H3,(H,24,27)/p+1/t17-,20+/m0/s1. The van der Waals surface area contributed by atoms with Crippen molar-refractivity contribution in [1.29, 1.82) is 0 Å². The van der Waals surface area contributed by atoms with E-state index in [2.05, 4.69) is 10.2 Å². The maximum absolute atomic E-state index is 12.7. The van der Waals surface area contributed by atoms with Crippen LogP contribution >= 0.6 is 0 Å². The van der Waals surface area contributed by atoms with E-state index < -0.39 is 0 Å². The third kappa shape index (κ3) is 4.86. The second kappa shape index (κ2) is 9.36. The lowest BCUT2D eigenvalue weighted by molar-refractivity contribution is -0.896. The lowest BCUT2D eigenvalue weighted by atomic mass is 10.2. The molecular weight excluding hydrogens is 382 g/mol. The topological polar surface area (TPSA) is 64.5 Å². The maximum Gasteiger partial charge on any atom is 0.282 e. The Balaban J connectivity index is 1.29. The number of anilines is 2. The third-order valence-corrected chi connectivity index (χ3v) is 5.76. The summed E-state index contributed by atoms with van der Waals surface area (Å²) >= 11 is 0. The molecule has 2 aliphatic rings. The Bertz CT molecular complexity index is 852. The van der Waals surface area contributed by atoms with Crippen molar-refractivity contribution in [2.24, 2.45) is 0 Å². The molecule has 2 aromatic rings. The molecule has 2 aromatic carbocycles. The average molecular weight is 413 g/mol. The summed E-state index contributed by atoms with van der Waals surface area (Å²) in [6, 6.07) is 15.5. The summed E-state index contributed by atoms with van der Waals surface area (Å²) in [5.41, 5.74) is 1.96. The number of fused-ring (bicyclic) bond motifs is 1. The van der Waals surface area contributed by atoms with Gasteiger partial charge in [-0.3, -0.25) is 4.79 Å².